The Kier molecular flexibility index (Phi) is 2.51. The van der Waals surface area contributed by atoms with Crippen LogP contribution >= 0.6 is 11.8 Å². The van der Waals surface area contributed by atoms with E-state index in [0.29, 0.717) is 0 Å². The molecule has 0 amide bonds. The standard InChI is InChI=1S/C10H13N3S/c1-2-13-6-5-12-9(13)10(8-11)4-3-7-14-10/h5-6H,2-4,7H2,1H3. The third kappa shape index (κ3) is 1.32. The van der Waals surface area contributed by atoms with Gasteiger partial charge >= 0.3 is 0 Å². The molecule has 0 spiro atoms. The number of imidazole rings is 1. The molecule has 0 bridgehead atoms. The first-order valence-electron chi connectivity index (χ1n) is 4.89. The van der Waals surface area contributed by atoms with Crippen LogP contribution in [-0.4, -0.2) is 15.3 Å². The first kappa shape index (κ1) is 9.60. The van der Waals surface area contributed by atoms with Gasteiger partial charge in [0.05, 0.1) is 6.07 Å². The largest absolute Gasteiger partial charge is 0.333 e. The SMILES string of the molecule is CCn1ccnc1C1(C#N)CCCS1. The fraction of sp³-hybridized carbons (Fsp3) is 0.600. The van der Waals surface area contributed by atoms with E-state index in [2.05, 4.69) is 22.5 Å². The maximum absolute atomic E-state index is 9.28. The molecular formula is C10H13N3S. The molecule has 0 N–H and O–H groups in total. The van der Waals surface area contributed by atoms with Crippen molar-refractivity contribution in [2.75, 3.05) is 5.75 Å². The van der Waals surface area contributed by atoms with Gasteiger partial charge in [-0.3, -0.25) is 0 Å². The van der Waals surface area contributed by atoms with Gasteiger partial charge in [-0.15, -0.1) is 11.8 Å². The Morgan fingerprint density at radius 2 is 2.64 bits per heavy atom. The van der Waals surface area contributed by atoms with Crippen LogP contribution in [0.15, 0.2) is 12.4 Å². The van der Waals surface area contributed by atoms with Crippen molar-refractivity contribution in [3.8, 4) is 6.07 Å². The van der Waals surface area contributed by atoms with Crippen LogP contribution in [0.3, 0.4) is 0 Å². The maximum Gasteiger partial charge on any atom is 0.160 e. The lowest BCUT2D eigenvalue weighted by molar-refractivity contribution is 0.607. The molecule has 4 heteroatoms. The van der Waals surface area contributed by atoms with Gasteiger partial charge < -0.3 is 4.57 Å². The first-order chi connectivity index (χ1) is 6.82. The van der Waals surface area contributed by atoms with Gasteiger partial charge in [-0.2, -0.15) is 5.26 Å². The lowest BCUT2D eigenvalue weighted by atomic mass is 10.0. The molecule has 14 heavy (non-hydrogen) atoms. The van der Waals surface area contributed by atoms with Crippen molar-refractivity contribution in [1.82, 2.24) is 9.55 Å². The maximum atomic E-state index is 9.28. The topological polar surface area (TPSA) is 41.6 Å². The van der Waals surface area contributed by atoms with Crippen molar-refractivity contribution >= 4 is 11.8 Å². The first-order valence-corrected chi connectivity index (χ1v) is 5.88. The molecular weight excluding hydrogens is 194 g/mol. The van der Waals surface area contributed by atoms with Crippen molar-refractivity contribution in [1.29, 1.82) is 5.26 Å². The summed E-state index contributed by atoms with van der Waals surface area (Å²) in [4.78, 5) is 4.33. The monoisotopic (exact) mass is 207 g/mol. The molecule has 2 rings (SSSR count). The summed E-state index contributed by atoms with van der Waals surface area (Å²) < 4.78 is 1.70. The Morgan fingerprint density at radius 3 is 3.21 bits per heavy atom. The number of hydrogen-bond donors (Lipinski definition) is 0. The predicted molar refractivity (Wildman–Crippen MR) is 56.9 cm³/mol. The van der Waals surface area contributed by atoms with E-state index in [9.17, 15) is 5.26 Å². The minimum Gasteiger partial charge on any atom is -0.333 e. The zero-order chi connectivity index (χ0) is 10.0. The van der Waals surface area contributed by atoms with Crippen LogP contribution in [0.1, 0.15) is 25.6 Å². The Morgan fingerprint density at radius 1 is 1.79 bits per heavy atom. The molecule has 0 radical (unpaired) electrons. The van der Waals surface area contributed by atoms with E-state index in [1.165, 1.54) is 0 Å². The highest BCUT2D eigenvalue weighted by molar-refractivity contribution is 8.00. The molecule has 1 aliphatic heterocycles. The smallest absolute Gasteiger partial charge is 0.160 e. The van der Waals surface area contributed by atoms with Crippen LogP contribution in [0.25, 0.3) is 0 Å². The summed E-state index contributed by atoms with van der Waals surface area (Å²) >= 11 is 1.73. The Hall–Kier alpha value is -0.950. The Bertz CT molecular complexity index is 358. The minimum atomic E-state index is -0.375. The molecule has 1 saturated heterocycles. The van der Waals surface area contributed by atoms with Crippen molar-refractivity contribution in [2.45, 2.75) is 31.1 Å². The normalized spacial score (nSPS) is 26.3. The van der Waals surface area contributed by atoms with E-state index < -0.39 is 0 Å². The summed E-state index contributed by atoms with van der Waals surface area (Å²) in [5, 5.41) is 9.28. The molecule has 1 fully saturated rings. The van der Waals surface area contributed by atoms with Crippen LogP contribution in [0.2, 0.25) is 0 Å². The van der Waals surface area contributed by atoms with Gasteiger partial charge in [0.1, 0.15) is 5.82 Å². The summed E-state index contributed by atoms with van der Waals surface area (Å²) in [6, 6.07) is 2.43. The van der Waals surface area contributed by atoms with Crippen LogP contribution in [-0.2, 0) is 11.3 Å². The van der Waals surface area contributed by atoms with Gasteiger partial charge in [-0.1, -0.05) is 0 Å². The second kappa shape index (κ2) is 3.66. The second-order valence-corrected chi connectivity index (χ2v) is 4.82. The molecule has 74 valence electrons. The summed E-state index contributed by atoms with van der Waals surface area (Å²) in [6.45, 7) is 2.97. The molecule has 1 aromatic rings. The van der Waals surface area contributed by atoms with E-state index in [1.807, 2.05) is 6.20 Å². The van der Waals surface area contributed by atoms with Gasteiger partial charge in [0, 0.05) is 18.9 Å². The zero-order valence-electron chi connectivity index (χ0n) is 8.23. The van der Waals surface area contributed by atoms with Crippen molar-refractivity contribution in [3.05, 3.63) is 18.2 Å². The van der Waals surface area contributed by atoms with Crippen LogP contribution in [0, 0.1) is 11.3 Å². The van der Waals surface area contributed by atoms with Gasteiger partial charge in [0.15, 0.2) is 4.75 Å². The molecule has 1 atom stereocenters. The lowest BCUT2D eigenvalue weighted by Gasteiger charge is -2.19. The highest BCUT2D eigenvalue weighted by Gasteiger charge is 2.40. The molecule has 0 aliphatic carbocycles. The second-order valence-electron chi connectivity index (χ2n) is 3.43. The zero-order valence-corrected chi connectivity index (χ0v) is 9.05. The van der Waals surface area contributed by atoms with Gasteiger partial charge in [-0.25, -0.2) is 4.98 Å². The van der Waals surface area contributed by atoms with Crippen molar-refractivity contribution in [2.24, 2.45) is 0 Å². The number of aryl methyl sites for hydroxylation is 1. The highest BCUT2D eigenvalue weighted by atomic mass is 32.2. The van der Waals surface area contributed by atoms with E-state index in [-0.39, 0.29) is 4.75 Å². The van der Waals surface area contributed by atoms with E-state index in [0.717, 1.165) is 31.0 Å². The number of rotatable bonds is 2. The molecule has 0 saturated carbocycles. The average molecular weight is 207 g/mol. The molecule has 3 nitrogen and oxygen atoms in total. The van der Waals surface area contributed by atoms with Gasteiger partial charge in [0.25, 0.3) is 0 Å². The molecule has 1 aromatic heterocycles. The predicted octanol–water partition coefficient (Wildman–Crippen LogP) is 2.15. The molecule has 1 unspecified atom stereocenters. The van der Waals surface area contributed by atoms with E-state index >= 15 is 0 Å². The third-order valence-electron chi connectivity index (χ3n) is 2.62. The number of aromatic nitrogens is 2. The van der Waals surface area contributed by atoms with E-state index in [4.69, 9.17) is 0 Å². The average Bonchev–Trinajstić information content (AvgIpc) is 2.86. The summed E-state index contributed by atoms with van der Waals surface area (Å²) in [7, 11) is 0. The van der Waals surface area contributed by atoms with E-state index in [1.54, 1.807) is 18.0 Å². The number of hydrogen-bond acceptors (Lipinski definition) is 3. The number of nitrogens with zero attached hydrogens (tertiary/aromatic N) is 3. The fourth-order valence-electron chi connectivity index (χ4n) is 1.87. The molecule has 2 heterocycles. The minimum absolute atomic E-state index is 0.375. The lowest BCUT2D eigenvalue weighted by Crippen LogP contribution is -2.21. The van der Waals surface area contributed by atoms with Crippen LogP contribution in [0.5, 0.6) is 0 Å². The molecule has 0 aromatic carbocycles. The van der Waals surface area contributed by atoms with Crippen molar-refractivity contribution in [3.63, 3.8) is 0 Å². The highest BCUT2D eigenvalue weighted by Crippen LogP contribution is 2.45. The van der Waals surface area contributed by atoms with Gasteiger partial charge in [-0.05, 0) is 25.5 Å². The number of thioether (sulfide) groups is 1. The van der Waals surface area contributed by atoms with Crippen LogP contribution < -0.4 is 0 Å². The molecule has 1 aliphatic rings. The van der Waals surface area contributed by atoms with Gasteiger partial charge in [0.2, 0.25) is 0 Å². The summed E-state index contributed by atoms with van der Waals surface area (Å²) in [5.41, 5.74) is 0. The summed E-state index contributed by atoms with van der Waals surface area (Å²) in [5.74, 6) is 2.01. The number of nitriles is 1. The van der Waals surface area contributed by atoms with Crippen LogP contribution in [0.4, 0.5) is 0 Å². The fourth-order valence-corrected chi connectivity index (χ4v) is 3.16. The van der Waals surface area contributed by atoms with Crippen molar-refractivity contribution < 1.29 is 0 Å². The quantitative estimate of drug-likeness (QED) is 0.746. The Labute approximate surface area is 88.1 Å². The summed E-state index contributed by atoms with van der Waals surface area (Å²) in [6.07, 6.45) is 5.80. The Balaban J connectivity index is 2.41. The third-order valence-corrected chi connectivity index (χ3v) is 4.08.